The fourth-order valence-electron chi connectivity index (χ4n) is 1.41. The first-order chi connectivity index (χ1) is 8.15. The number of hydrogen-bond donors (Lipinski definition) is 2. The predicted molar refractivity (Wildman–Crippen MR) is 63.3 cm³/mol. The third-order valence-corrected chi connectivity index (χ3v) is 2.28. The Bertz CT molecular complexity index is 517. The second kappa shape index (κ2) is 4.69. The van der Waals surface area contributed by atoms with Crippen molar-refractivity contribution in [2.24, 2.45) is 0 Å². The number of nitrogens with zero attached hydrogens (tertiary/aromatic N) is 1. The number of nitrogen functional groups attached to an aromatic ring is 1. The van der Waals surface area contributed by atoms with E-state index in [1.165, 1.54) is 0 Å². The van der Waals surface area contributed by atoms with Crippen LogP contribution in [-0.2, 0) is 6.54 Å². The Morgan fingerprint density at radius 3 is 2.71 bits per heavy atom. The van der Waals surface area contributed by atoms with Crippen molar-refractivity contribution in [1.29, 1.82) is 0 Å². The lowest BCUT2D eigenvalue weighted by atomic mass is 10.2. The lowest BCUT2D eigenvalue weighted by Gasteiger charge is -2.02. The molecule has 2 rings (SSSR count). The molecule has 0 aliphatic carbocycles. The molecule has 0 spiro atoms. The van der Waals surface area contributed by atoms with E-state index in [4.69, 9.17) is 10.3 Å². The molecule has 3 N–H and O–H groups in total. The van der Waals surface area contributed by atoms with Crippen LogP contribution in [0.4, 0.5) is 5.69 Å². The first-order valence-electron chi connectivity index (χ1n) is 5.21. The molecule has 17 heavy (non-hydrogen) atoms. The average molecular weight is 231 g/mol. The molecule has 0 fully saturated rings. The molecule has 88 valence electrons. The van der Waals surface area contributed by atoms with Gasteiger partial charge in [-0.25, -0.2) is 0 Å². The molecular weight excluding hydrogens is 218 g/mol. The monoisotopic (exact) mass is 231 g/mol. The molecule has 0 atom stereocenters. The summed E-state index contributed by atoms with van der Waals surface area (Å²) in [4.78, 5) is 11.7. The van der Waals surface area contributed by atoms with E-state index in [0.29, 0.717) is 23.5 Å². The van der Waals surface area contributed by atoms with Crippen molar-refractivity contribution in [2.75, 3.05) is 5.73 Å². The number of aryl methyl sites for hydroxylation is 1. The Morgan fingerprint density at radius 2 is 2.12 bits per heavy atom. The number of nitrogens with two attached hydrogens (primary N) is 1. The molecule has 5 nitrogen and oxygen atoms in total. The maximum absolute atomic E-state index is 11.7. The first kappa shape index (κ1) is 11.2. The van der Waals surface area contributed by atoms with E-state index in [-0.39, 0.29) is 5.91 Å². The molecule has 1 aromatic heterocycles. The van der Waals surface area contributed by atoms with Crippen LogP contribution in [0, 0.1) is 6.92 Å². The van der Waals surface area contributed by atoms with Gasteiger partial charge in [0.15, 0.2) is 0 Å². The number of benzene rings is 1. The van der Waals surface area contributed by atoms with Crippen LogP contribution in [0.15, 0.2) is 34.9 Å². The smallest absolute Gasteiger partial charge is 0.251 e. The molecule has 0 aliphatic heterocycles. The lowest BCUT2D eigenvalue weighted by Crippen LogP contribution is -2.22. The predicted octanol–water partition coefficient (Wildman–Crippen LogP) is 1.50. The van der Waals surface area contributed by atoms with E-state index < -0.39 is 0 Å². The molecule has 0 saturated carbocycles. The number of amides is 1. The van der Waals surface area contributed by atoms with Gasteiger partial charge in [0.05, 0.1) is 6.54 Å². The van der Waals surface area contributed by atoms with E-state index in [0.717, 1.165) is 5.76 Å². The fraction of sp³-hybridized carbons (Fsp3) is 0.167. The van der Waals surface area contributed by atoms with Gasteiger partial charge in [-0.05, 0) is 31.2 Å². The minimum absolute atomic E-state index is 0.161. The van der Waals surface area contributed by atoms with Crippen LogP contribution in [-0.4, -0.2) is 11.1 Å². The summed E-state index contributed by atoms with van der Waals surface area (Å²) < 4.78 is 4.90. The third kappa shape index (κ3) is 2.84. The summed E-state index contributed by atoms with van der Waals surface area (Å²) in [5.74, 6) is 0.562. The van der Waals surface area contributed by atoms with Crippen LogP contribution >= 0.6 is 0 Å². The van der Waals surface area contributed by atoms with E-state index in [2.05, 4.69) is 10.5 Å². The highest BCUT2D eigenvalue weighted by molar-refractivity contribution is 5.94. The normalized spacial score (nSPS) is 10.2. The van der Waals surface area contributed by atoms with Crippen LogP contribution in [0.2, 0.25) is 0 Å². The molecule has 5 heteroatoms. The molecule has 1 heterocycles. The Morgan fingerprint density at radius 1 is 1.41 bits per heavy atom. The largest absolute Gasteiger partial charge is 0.399 e. The highest BCUT2D eigenvalue weighted by Gasteiger charge is 2.06. The maximum atomic E-state index is 11.7. The van der Waals surface area contributed by atoms with Gasteiger partial charge in [0, 0.05) is 17.3 Å². The van der Waals surface area contributed by atoms with Crippen molar-refractivity contribution >= 4 is 11.6 Å². The highest BCUT2D eigenvalue weighted by Crippen LogP contribution is 2.06. The molecule has 2 aromatic rings. The van der Waals surface area contributed by atoms with Crippen molar-refractivity contribution in [3.63, 3.8) is 0 Å². The lowest BCUT2D eigenvalue weighted by molar-refractivity contribution is 0.0950. The van der Waals surface area contributed by atoms with Crippen LogP contribution in [0.25, 0.3) is 0 Å². The van der Waals surface area contributed by atoms with Gasteiger partial charge < -0.3 is 15.6 Å². The Balaban J connectivity index is 1.95. The topological polar surface area (TPSA) is 81.2 Å². The van der Waals surface area contributed by atoms with Crippen molar-refractivity contribution in [3.05, 3.63) is 47.3 Å². The minimum Gasteiger partial charge on any atom is -0.399 e. The van der Waals surface area contributed by atoms with Gasteiger partial charge in [0.25, 0.3) is 5.91 Å². The van der Waals surface area contributed by atoms with Crippen molar-refractivity contribution < 1.29 is 9.32 Å². The third-order valence-electron chi connectivity index (χ3n) is 2.28. The fourth-order valence-corrected chi connectivity index (χ4v) is 1.41. The van der Waals surface area contributed by atoms with Crippen molar-refractivity contribution in [3.8, 4) is 0 Å². The average Bonchev–Trinajstić information content (AvgIpc) is 2.73. The van der Waals surface area contributed by atoms with Crippen LogP contribution in [0.3, 0.4) is 0 Å². The summed E-state index contributed by atoms with van der Waals surface area (Å²) >= 11 is 0. The quantitative estimate of drug-likeness (QED) is 0.784. The standard InChI is InChI=1S/C12H13N3O2/c1-8-6-11(15-17-8)7-14-12(16)9-2-4-10(13)5-3-9/h2-6H,7,13H2,1H3,(H,14,16). The van der Waals surface area contributed by atoms with E-state index in [1.807, 2.05) is 0 Å². The van der Waals surface area contributed by atoms with E-state index in [9.17, 15) is 4.79 Å². The van der Waals surface area contributed by atoms with E-state index >= 15 is 0 Å². The second-order valence-electron chi connectivity index (χ2n) is 3.73. The molecular formula is C12H13N3O2. The number of nitrogens with one attached hydrogen (secondary N) is 1. The van der Waals surface area contributed by atoms with Crippen LogP contribution in [0.1, 0.15) is 21.8 Å². The molecule has 0 bridgehead atoms. The summed E-state index contributed by atoms with van der Waals surface area (Å²) in [7, 11) is 0. The summed E-state index contributed by atoms with van der Waals surface area (Å²) in [6, 6.07) is 8.52. The van der Waals surface area contributed by atoms with Gasteiger partial charge in [-0.3, -0.25) is 4.79 Å². The van der Waals surface area contributed by atoms with Gasteiger partial charge in [-0.1, -0.05) is 5.16 Å². The maximum Gasteiger partial charge on any atom is 0.251 e. The molecule has 1 aromatic carbocycles. The van der Waals surface area contributed by atoms with Gasteiger partial charge >= 0.3 is 0 Å². The zero-order valence-electron chi connectivity index (χ0n) is 9.43. The van der Waals surface area contributed by atoms with E-state index in [1.54, 1.807) is 37.3 Å². The summed E-state index contributed by atoms with van der Waals surface area (Å²) in [5.41, 5.74) is 7.44. The number of hydrogen-bond acceptors (Lipinski definition) is 4. The summed E-state index contributed by atoms with van der Waals surface area (Å²) in [6.07, 6.45) is 0. The van der Waals surface area contributed by atoms with Crippen molar-refractivity contribution in [1.82, 2.24) is 10.5 Å². The zero-order chi connectivity index (χ0) is 12.3. The van der Waals surface area contributed by atoms with Crippen molar-refractivity contribution in [2.45, 2.75) is 13.5 Å². The Hall–Kier alpha value is -2.30. The Labute approximate surface area is 98.6 Å². The number of anilines is 1. The van der Waals surface area contributed by atoms with Gasteiger partial charge in [-0.15, -0.1) is 0 Å². The van der Waals surface area contributed by atoms with Gasteiger partial charge in [0.2, 0.25) is 0 Å². The molecule has 0 radical (unpaired) electrons. The number of rotatable bonds is 3. The first-order valence-corrected chi connectivity index (χ1v) is 5.21. The Kier molecular flexibility index (Phi) is 3.09. The molecule has 1 amide bonds. The molecule has 0 aliphatic rings. The summed E-state index contributed by atoms with van der Waals surface area (Å²) in [6.45, 7) is 2.15. The number of aromatic nitrogens is 1. The summed E-state index contributed by atoms with van der Waals surface area (Å²) in [5, 5.41) is 6.53. The van der Waals surface area contributed by atoms with Gasteiger partial charge in [-0.2, -0.15) is 0 Å². The van der Waals surface area contributed by atoms with Crippen LogP contribution < -0.4 is 11.1 Å². The van der Waals surface area contributed by atoms with Crippen LogP contribution in [0.5, 0.6) is 0 Å². The SMILES string of the molecule is Cc1cc(CNC(=O)c2ccc(N)cc2)no1. The molecule has 0 saturated heterocycles. The zero-order valence-corrected chi connectivity index (χ0v) is 9.43. The molecule has 0 unspecified atom stereocenters. The number of carbonyl (C=O) groups is 1. The minimum atomic E-state index is -0.161. The number of carbonyl (C=O) groups excluding carboxylic acids is 1. The highest BCUT2D eigenvalue weighted by atomic mass is 16.5. The van der Waals surface area contributed by atoms with Gasteiger partial charge in [0.1, 0.15) is 11.5 Å². The second-order valence-corrected chi connectivity index (χ2v) is 3.73.